The number of hydrogen-bond acceptors (Lipinski definition) is 5. The van der Waals surface area contributed by atoms with Crippen LogP contribution in [0.2, 0.25) is 0 Å². The lowest BCUT2D eigenvalue weighted by Gasteiger charge is -2.36. The summed E-state index contributed by atoms with van der Waals surface area (Å²) in [6.07, 6.45) is 8.38. The van der Waals surface area contributed by atoms with Gasteiger partial charge in [0.15, 0.2) is 17.3 Å². The van der Waals surface area contributed by atoms with Gasteiger partial charge in [-0.05, 0) is 61.4 Å². The third kappa shape index (κ3) is 4.74. The molecule has 3 fully saturated rings. The molecule has 6 rings (SSSR count). The SMILES string of the molecule is COc1c(N2CC3CCCN(C(C)=O)C3C2)c(F)cc2c(=O)c(C(=O)/C=C/c3ccc(Br)cc3)cn(C3CC3)c12. The van der Waals surface area contributed by atoms with E-state index in [9.17, 15) is 14.4 Å². The highest BCUT2D eigenvalue weighted by Gasteiger charge is 2.42. The number of rotatable bonds is 6. The Labute approximate surface area is 240 Å². The number of aromatic nitrogens is 1. The van der Waals surface area contributed by atoms with Crippen LogP contribution in [0.25, 0.3) is 17.0 Å². The number of ether oxygens (including phenoxy) is 1. The molecule has 40 heavy (non-hydrogen) atoms. The van der Waals surface area contributed by atoms with Crippen molar-refractivity contribution < 1.29 is 18.7 Å². The Morgan fingerprint density at radius 2 is 1.88 bits per heavy atom. The lowest BCUT2D eigenvalue weighted by atomic mass is 9.92. The number of carbonyl (C=O) groups is 2. The number of benzene rings is 2. The first-order chi connectivity index (χ1) is 19.3. The van der Waals surface area contributed by atoms with Gasteiger partial charge in [-0.25, -0.2) is 4.39 Å². The van der Waals surface area contributed by atoms with E-state index < -0.39 is 17.0 Å². The number of nitrogens with zero attached hydrogens (tertiary/aromatic N) is 3. The van der Waals surface area contributed by atoms with Gasteiger partial charge in [0.05, 0.1) is 29.6 Å². The van der Waals surface area contributed by atoms with Gasteiger partial charge in [0, 0.05) is 43.3 Å². The van der Waals surface area contributed by atoms with Crippen LogP contribution in [-0.4, -0.2) is 53.9 Å². The monoisotopic (exact) mass is 607 g/mol. The number of halogens is 2. The fraction of sp³-hybridized carbons (Fsp3) is 0.387. The van der Waals surface area contributed by atoms with Gasteiger partial charge in [-0.2, -0.15) is 0 Å². The first kappa shape index (κ1) is 26.7. The van der Waals surface area contributed by atoms with Crippen LogP contribution in [-0.2, 0) is 4.79 Å². The second-order valence-electron chi connectivity index (χ2n) is 11.0. The Hall–Kier alpha value is -3.46. The minimum atomic E-state index is -0.563. The van der Waals surface area contributed by atoms with Crippen LogP contribution in [0.1, 0.15) is 54.6 Å². The Morgan fingerprint density at radius 3 is 2.55 bits per heavy atom. The summed E-state index contributed by atoms with van der Waals surface area (Å²) in [4.78, 5) is 43.0. The quantitative estimate of drug-likeness (QED) is 0.270. The molecule has 0 radical (unpaired) electrons. The number of hydrogen-bond donors (Lipinski definition) is 0. The van der Waals surface area contributed by atoms with Gasteiger partial charge in [-0.15, -0.1) is 0 Å². The molecule has 0 spiro atoms. The van der Waals surface area contributed by atoms with Gasteiger partial charge in [0.2, 0.25) is 11.3 Å². The van der Waals surface area contributed by atoms with Gasteiger partial charge in [-0.3, -0.25) is 14.4 Å². The summed E-state index contributed by atoms with van der Waals surface area (Å²) in [6, 6.07) is 8.86. The van der Waals surface area contributed by atoms with E-state index in [2.05, 4.69) is 15.9 Å². The molecule has 1 aliphatic carbocycles. The van der Waals surface area contributed by atoms with Crippen LogP contribution >= 0.6 is 15.9 Å². The number of pyridine rings is 1. The van der Waals surface area contributed by atoms with Crippen molar-refractivity contribution in [2.24, 2.45) is 5.92 Å². The number of ketones is 1. The van der Waals surface area contributed by atoms with Crippen LogP contribution in [0.3, 0.4) is 0 Å². The molecule has 3 aromatic rings. The summed E-state index contributed by atoms with van der Waals surface area (Å²) in [5.74, 6) is -0.402. The van der Waals surface area contributed by atoms with Gasteiger partial charge < -0.3 is 19.1 Å². The second-order valence-corrected chi connectivity index (χ2v) is 11.9. The molecule has 2 atom stereocenters. The maximum atomic E-state index is 16.0. The molecule has 1 amide bonds. The maximum absolute atomic E-state index is 16.0. The number of allylic oxidation sites excluding steroid dienone is 1. The number of likely N-dealkylation sites (tertiary alicyclic amines) is 1. The van der Waals surface area contributed by atoms with Crippen LogP contribution in [0.4, 0.5) is 10.1 Å². The predicted octanol–water partition coefficient (Wildman–Crippen LogP) is 5.59. The van der Waals surface area contributed by atoms with Crippen molar-refractivity contribution in [3.8, 4) is 5.75 Å². The van der Waals surface area contributed by atoms with E-state index in [1.54, 1.807) is 19.2 Å². The van der Waals surface area contributed by atoms with E-state index in [-0.39, 0.29) is 34.9 Å². The van der Waals surface area contributed by atoms with Crippen LogP contribution in [0.5, 0.6) is 5.75 Å². The lowest BCUT2D eigenvalue weighted by molar-refractivity contribution is -0.132. The molecule has 1 saturated carbocycles. The highest BCUT2D eigenvalue weighted by Crippen LogP contribution is 2.45. The maximum Gasteiger partial charge on any atom is 0.219 e. The number of fused-ring (bicyclic) bond motifs is 2. The van der Waals surface area contributed by atoms with E-state index in [4.69, 9.17) is 4.74 Å². The standard InChI is InChI=1S/C31H31BrFN3O4/c1-18(37)35-13-3-4-20-15-34(17-26(20)35)29-25(33)14-23-28(31(29)40-2)36(22-10-11-22)16-24(30(23)39)27(38)12-7-19-5-8-21(32)9-6-19/h5-9,12,14,16,20,22,26H,3-4,10-11,13,15,17H2,1-2H3/b12-7+. The van der Waals surface area contributed by atoms with E-state index in [0.717, 1.165) is 42.3 Å². The highest BCUT2D eigenvalue weighted by atomic mass is 79.9. The number of piperidine rings is 1. The number of amides is 1. The zero-order valence-electron chi connectivity index (χ0n) is 22.5. The van der Waals surface area contributed by atoms with Crippen molar-refractivity contribution in [1.29, 1.82) is 0 Å². The van der Waals surface area contributed by atoms with Crippen molar-refractivity contribution in [3.63, 3.8) is 0 Å². The van der Waals surface area contributed by atoms with Crippen molar-refractivity contribution in [3.05, 3.63) is 74.2 Å². The molecule has 9 heteroatoms. The van der Waals surface area contributed by atoms with E-state index in [0.29, 0.717) is 30.0 Å². The molecule has 2 unspecified atom stereocenters. The largest absolute Gasteiger partial charge is 0.492 e. The molecule has 2 aromatic carbocycles. The average Bonchev–Trinajstić information content (AvgIpc) is 3.69. The minimum Gasteiger partial charge on any atom is -0.492 e. The Morgan fingerprint density at radius 1 is 1.12 bits per heavy atom. The fourth-order valence-electron chi connectivity index (χ4n) is 6.34. The molecule has 2 saturated heterocycles. The first-order valence-electron chi connectivity index (χ1n) is 13.7. The third-order valence-electron chi connectivity index (χ3n) is 8.41. The second kappa shape index (κ2) is 10.5. The summed E-state index contributed by atoms with van der Waals surface area (Å²) in [5.41, 5.74) is 1.14. The van der Waals surface area contributed by atoms with Gasteiger partial charge >= 0.3 is 0 Å². The summed E-state index contributed by atoms with van der Waals surface area (Å²) >= 11 is 3.40. The van der Waals surface area contributed by atoms with Gasteiger partial charge in [-0.1, -0.05) is 34.1 Å². The Kier molecular flexibility index (Phi) is 7.02. The number of methoxy groups -OCH3 is 1. The van der Waals surface area contributed by atoms with E-state index in [1.165, 1.54) is 19.3 Å². The van der Waals surface area contributed by atoms with Gasteiger partial charge in [0.1, 0.15) is 5.69 Å². The molecule has 2 aliphatic heterocycles. The van der Waals surface area contributed by atoms with Crippen molar-refractivity contribution in [2.75, 3.05) is 31.6 Å². The fourth-order valence-corrected chi connectivity index (χ4v) is 6.60. The summed E-state index contributed by atoms with van der Waals surface area (Å²) < 4.78 is 24.7. The Balaban J connectivity index is 1.43. The van der Waals surface area contributed by atoms with Crippen molar-refractivity contribution in [2.45, 2.75) is 44.7 Å². The predicted molar refractivity (Wildman–Crippen MR) is 157 cm³/mol. The smallest absolute Gasteiger partial charge is 0.219 e. The normalized spacial score (nSPS) is 20.8. The van der Waals surface area contributed by atoms with Crippen LogP contribution < -0.4 is 15.1 Å². The average molecular weight is 609 g/mol. The topological polar surface area (TPSA) is 71.8 Å². The molecule has 1 aromatic heterocycles. The first-order valence-corrected chi connectivity index (χ1v) is 14.5. The molecule has 0 N–H and O–H groups in total. The summed E-state index contributed by atoms with van der Waals surface area (Å²) in [7, 11) is 1.49. The number of anilines is 1. The summed E-state index contributed by atoms with van der Waals surface area (Å²) in [6.45, 7) is 3.42. The van der Waals surface area contributed by atoms with Crippen LogP contribution in [0, 0.1) is 11.7 Å². The Bertz CT molecular complexity index is 1600. The van der Waals surface area contributed by atoms with E-state index >= 15 is 4.39 Å². The van der Waals surface area contributed by atoms with Crippen LogP contribution in [0.15, 0.2) is 51.9 Å². The molecule has 7 nitrogen and oxygen atoms in total. The number of carbonyl (C=O) groups excluding carboxylic acids is 2. The molecular formula is C31H31BrFN3O4. The minimum absolute atomic E-state index is 0.00579. The van der Waals surface area contributed by atoms with E-state index in [1.807, 2.05) is 38.6 Å². The third-order valence-corrected chi connectivity index (χ3v) is 8.94. The van der Waals surface area contributed by atoms with Gasteiger partial charge in [0.25, 0.3) is 0 Å². The molecule has 3 heterocycles. The van der Waals surface area contributed by atoms with Crippen molar-refractivity contribution in [1.82, 2.24) is 9.47 Å². The molecular weight excluding hydrogens is 577 g/mol. The zero-order valence-corrected chi connectivity index (χ0v) is 24.1. The molecule has 3 aliphatic rings. The molecule has 208 valence electrons. The lowest BCUT2D eigenvalue weighted by Crippen LogP contribution is -2.47. The summed E-state index contributed by atoms with van der Waals surface area (Å²) in [5, 5.41) is 0.134. The highest BCUT2D eigenvalue weighted by molar-refractivity contribution is 9.10. The van der Waals surface area contributed by atoms with Crippen molar-refractivity contribution >= 4 is 50.3 Å². The zero-order chi connectivity index (χ0) is 28.1. The molecule has 0 bridgehead atoms.